The van der Waals surface area contributed by atoms with Crippen molar-refractivity contribution in [1.82, 2.24) is 14.9 Å². The van der Waals surface area contributed by atoms with Gasteiger partial charge in [0.05, 0.1) is 5.69 Å². The Hall–Kier alpha value is -2.34. The maximum atomic E-state index is 5.61. The second kappa shape index (κ2) is 6.88. The van der Waals surface area contributed by atoms with Gasteiger partial charge in [-0.15, -0.1) is 0 Å². The molecule has 6 heteroatoms. The van der Waals surface area contributed by atoms with E-state index < -0.39 is 0 Å². The number of rotatable bonds is 3. The third-order valence-corrected chi connectivity index (χ3v) is 4.94. The summed E-state index contributed by atoms with van der Waals surface area (Å²) in [5.74, 6) is 2.44. The topological polar surface area (TPSA) is 50.7 Å². The number of ether oxygens (including phenoxy) is 2. The summed E-state index contributed by atoms with van der Waals surface area (Å²) in [6, 6.07) is 8.50. The average molecular weight is 340 g/mol. The second-order valence-corrected chi connectivity index (χ2v) is 6.63. The zero-order valence-electron chi connectivity index (χ0n) is 14.8. The first-order chi connectivity index (χ1) is 12.2. The van der Waals surface area contributed by atoms with Crippen molar-refractivity contribution in [3.05, 3.63) is 41.7 Å². The summed E-state index contributed by atoms with van der Waals surface area (Å²) in [7, 11) is 0. The third-order valence-electron chi connectivity index (χ3n) is 4.94. The van der Waals surface area contributed by atoms with Crippen molar-refractivity contribution in [3.63, 3.8) is 0 Å². The van der Waals surface area contributed by atoms with Crippen LogP contribution < -0.4 is 14.4 Å². The van der Waals surface area contributed by atoms with Crippen molar-refractivity contribution >= 4 is 5.82 Å². The first kappa shape index (κ1) is 16.1. The van der Waals surface area contributed by atoms with E-state index in [9.17, 15) is 0 Å². The standard InChI is InChI=1S/C19H24N4O2/c1-14-3-6-18(20-13-14)23-9-7-22(8-10-23)15(2)16-4-5-17-19(21-16)25-12-11-24-17/h3-6,13,15H,7-12H2,1-2H3. The van der Waals surface area contributed by atoms with E-state index in [0.29, 0.717) is 19.1 Å². The fourth-order valence-corrected chi connectivity index (χ4v) is 3.35. The van der Waals surface area contributed by atoms with Crippen LogP contribution in [0.1, 0.15) is 24.2 Å². The molecule has 1 atom stereocenters. The highest BCUT2D eigenvalue weighted by molar-refractivity contribution is 5.40. The largest absolute Gasteiger partial charge is 0.484 e. The minimum atomic E-state index is 0.254. The predicted octanol–water partition coefficient (Wildman–Crippen LogP) is 2.44. The van der Waals surface area contributed by atoms with Crippen molar-refractivity contribution in [3.8, 4) is 11.6 Å². The van der Waals surface area contributed by atoms with Crippen molar-refractivity contribution < 1.29 is 9.47 Å². The molecule has 0 spiro atoms. The molecule has 132 valence electrons. The van der Waals surface area contributed by atoms with Gasteiger partial charge in [-0.25, -0.2) is 9.97 Å². The van der Waals surface area contributed by atoms with Crippen LogP contribution >= 0.6 is 0 Å². The number of hydrogen-bond acceptors (Lipinski definition) is 6. The van der Waals surface area contributed by atoms with Crippen LogP contribution in [-0.4, -0.2) is 54.3 Å². The fourth-order valence-electron chi connectivity index (χ4n) is 3.35. The fraction of sp³-hybridized carbons (Fsp3) is 0.474. The Balaban J connectivity index is 1.41. The molecule has 2 aliphatic heterocycles. The van der Waals surface area contributed by atoms with Gasteiger partial charge < -0.3 is 14.4 Å². The van der Waals surface area contributed by atoms with Crippen LogP contribution in [0.4, 0.5) is 5.82 Å². The molecule has 1 fully saturated rings. The number of fused-ring (bicyclic) bond motifs is 1. The molecule has 2 aromatic rings. The Kier molecular flexibility index (Phi) is 4.44. The maximum Gasteiger partial charge on any atom is 0.257 e. The van der Waals surface area contributed by atoms with Crippen molar-refractivity contribution in [2.24, 2.45) is 0 Å². The Morgan fingerprint density at radius 3 is 2.56 bits per heavy atom. The van der Waals surface area contributed by atoms with Gasteiger partial charge in [-0.1, -0.05) is 6.07 Å². The van der Waals surface area contributed by atoms with E-state index in [2.05, 4.69) is 45.7 Å². The number of nitrogens with zero attached hydrogens (tertiary/aromatic N) is 4. The van der Waals surface area contributed by atoms with E-state index in [1.165, 1.54) is 5.56 Å². The van der Waals surface area contributed by atoms with Gasteiger partial charge in [0.1, 0.15) is 19.0 Å². The predicted molar refractivity (Wildman–Crippen MR) is 96.4 cm³/mol. The van der Waals surface area contributed by atoms with Crippen LogP contribution in [0.5, 0.6) is 11.6 Å². The molecule has 0 radical (unpaired) electrons. The van der Waals surface area contributed by atoms with Crippen molar-refractivity contribution in [2.75, 3.05) is 44.3 Å². The molecule has 0 aliphatic carbocycles. The van der Waals surface area contributed by atoms with Gasteiger partial charge in [0.15, 0.2) is 5.75 Å². The number of aryl methyl sites for hydroxylation is 1. The lowest BCUT2D eigenvalue weighted by atomic mass is 10.1. The van der Waals surface area contributed by atoms with Gasteiger partial charge >= 0.3 is 0 Å². The summed E-state index contributed by atoms with van der Waals surface area (Å²) in [4.78, 5) is 14.0. The molecule has 0 aromatic carbocycles. The normalized spacial score (nSPS) is 18.9. The molecular formula is C19H24N4O2. The van der Waals surface area contributed by atoms with E-state index in [0.717, 1.165) is 43.4 Å². The zero-order chi connectivity index (χ0) is 17.2. The molecule has 0 bridgehead atoms. The van der Waals surface area contributed by atoms with Crippen LogP contribution in [0.2, 0.25) is 0 Å². The molecule has 0 N–H and O–H groups in total. The van der Waals surface area contributed by atoms with Crippen LogP contribution in [0.15, 0.2) is 30.5 Å². The minimum absolute atomic E-state index is 0.254. The van der Waals surface area contributed by atoms with Crippen LogP contribution in [0.25, 0.3) is 0 Å². The molecule has 6 nitrogen and oxygen atoms in total. The van der Waals surface area contributed by atoms with Crippen LogP contribution in [-0.2, 0) is 0 Å². The molecule has 0 amide bonds. The Morgan fingerprint density at radius 1 is 1.00 bits per heavy atom. The lowest BCUT2D eigenvalue weighted by Crippen LogP contribution is -2.47. The molecule has 0 saturated carbocycles. The summed E-state index contributed by atoms with van der Waals surface area (Å²) >= 11 is 0. The number of pyridine rings is 2. The first-order valence-corrected chi connectivity index (χ1v) is 8.89. The van der Waals surface area contributed by atoms with Gasteiger partial charge in [-0.2, -0.15) is 0 Å². The SMILES string of the molecule is Cc1ccc(N2CCN(C(C)c3ccc4c(n3)OCCO4)CC2)nc1. The summed E-state index contributed by atoms with van der Waals surface area (Å²) in [6.45, 7) is 9.38. The van der Waals surface area contributed by atoms with Crippen LogP contribution in [0.3, 0.4) is 0 Å². The summed E-state index contributed by atoms with van der Waals surface area (Å²) in [5, 5.41) is 0. The average Bonchev–Trinajstić information content (AvgIpc) is 2.68. The molecule has 2 aliphatic rings. The zero-order valence-corrected chi connectivity index (χ0v) is 14.8. The Labute approximate surface area is 148 Å². The lowest BCUT2D eigenvalue weighted by molar-refractivity contribution is 0.159. The smallest absolute Gasteiger partial charge is 0.257 e. The second-order valence-electron chi connectivity index (χ2n) is 6.63. The molecule has 4 rings (SSSR count). The Morgan fingerprint density at radius 2 is 1.80 bits per heavy atom. The molecular weight excluding hydrogens is 316 g/mol. The van der Waals surface area contributed by atoms with Gasteiger partial charge in [-0.3, -0.25) is 4.90 Å². The monoisotopic (exact) mass is 340 g/mol. The molecule has 1 unspecified atom stereocenters. The molecule has 2 aromatic heterocycles. The number of anilines is 1. The van der Waals surface area contributed by atoms with E-state index in [1.54, 1.807) is 0 Å². The van der Waals surface area contributed by atoms with E-state index in [4.69, 9.17) is 9.47 Å². The van der Waals surface area contributed by atoms with E-state index in [-0.39, 0.29) is 6.04 Å². The third kappa shape index (κ3) is 3.39. The Bertz CT molecular complexity index is 727. The molecule has 25 heavy (non-hydrogen) atoms. The highest BCUT2D eigenvalue weighted by Crippen LogP contribution is 2.31. The quantitative estimate of drug-likeness (QED) is 0.855. The molecule has 4 heterocycles. The molecule has 1 saturated heterocycles. The van der Waals surface area contributed by atoms with Gasteiger partial charge in [0, 0.05) is 38.4 Å². The van der Waals surface area contributed by atoms with Crippen molar-refractivity contribution in [2.45, 2.75) is 19.9 Å². The van der Waals surface area contributed by atoms with Gasteiger partial charge in [-0.05, 0) is 37.6 Å². The summed E-state index contributed by atoms with van der Waals surface area (Å²) in [5.41, 5.74) is 2.23. The number of hydrogen-bond donors (Lipinski definition) is 0. The first-order valence-electron chi connectivity index (χ1n) is 8.89. The summed E-state index contributed by atoms with van der Waals surface area (Å²) < 4.78 is 11.2. The number of aromatic nitrogens is 2. The van der Waals surface area contributed by atoms with Gasteiger partial charge in [0.25, 0.3) is 5.88 Å². The lowest BCUT2D eigenvalue weighted by Gasteiger charge is -2.38. The number of piperazine rings is 1. The highest BCUT2D eigenvalue weighted by atomic mass is 16.6. The summed E-state index contributed by atoms with van der Waals surface area (Å²) in [6.07, 6.45) is 1.93. The van der Waals surface area contributed by atoms with Crippen LogP contribution in [0, 0.1) is 6.92 Å². The van der Waals surface area contributed by atoms with Gasteiger partial charge in [0.2, 0.25) is 0 Å². The minimum Gasteiger partial charge on any atom is -0.484 e. The van der Waals surface area contributed by atoms with Crippen molar-refractivity contribution in [1.29, 1.82) is 0 Å². The maximum absolute atomic E-state index is 5.61. The van der Waals surface area contributed by atoms with E-state index in [1.807, 2.05) is 18.3 Å². The highest BCUT2D eigenvalue weighted by Gasteiger charge is 2.25. The van der Waals surface area contributed by atoms with E-state index >= 15 is 0 Å².